The first-order chi connectivity index (χ1) is 4.93. The molecule has 0 aliphatic heterocycles. The van der Waals surface area contributed by atoms with Crippen molar-refractivity contribution in [1.29, 1.82) is 0 Å². The van der Waals surface area contributed by atoms with E-state index in [2.05, 4.69) is 0 Å². The van der Waals surface area contributed by atoms with E-state index in [-0.39, 0.29) is 6.61 Å². The van der Waals surface area contributed by atoms with Gasteiger partial charge in [0.05, 0.1) is 12.2 Å². The number of ether oxygens (including phenoxy) is 1. The maximum absolute atomic E-state index is 9.31. The van der Waals surface area contributed by atoms with Crippen LogP contribution in [0, 0.1) is 0 Å². The molecule has 0 aromatic heterocycles. The predicted molar refractivity (Wildman–Crippen MR) is 40.2 cm³/mol. The van der Waals surface area contributed by atoms with Crippen LogP contribution in [-0.2, 0) is 4.74 Å². The smallest absolute Gasteiger partial charge is 0.110 e. The molecule has 0 saturated carbocycles. The van der Waals surface area contributed by atoms with Crippen LogP contribution in [0.3, 0.4) is 0 Å². The van der Waals surface area contributed by atoms with E-state index in [1.54, 1.807) is 0 Å². The molecule has 4 heteroatoms. The van der Waals surface area contributed by atoms with Gasteiger partial charge in [-0.2, -0.15) is 0 Å². The molecule has 0 fully saturated rings. The highest BCUT2D eigenvalue weighted by atomic mass is 16.5. The average Bonchev–Trinajstić information content (AvgIpc) is 1.88. The molecule has 0 saturated heterocycles. The highest BCUT2D eigenvalue weighted by Crippen LogP contribution is 2.13. The van der Waals surface area contributed by atoms with Gasteiger partial charge in [0.25, 0.3) is 0 Å². The summed E-state index contributed by atoms with van der Waals surface area (Å²) in [6.07, 6.45) is -1.80. The Morgan fingerprint density at radius 2 is 1.91 bits per heavy atom. The molecule has 2 atom stereocenters. The maximum Gasteiger partial charge on any atom is 0.110 e. The SMILES string of the molecule is COC(CO)C(O)C(C)(C)O. The lowest BCUT2D eigenvalue weighted by Gasteiger charge is -2.29. The molecule has 0 aromatic carbocycles. The Morgan fingerprint density at radius 1 is 1.45 bits per heavy atom. The first-order valence-electron chi connectivity index (χ1n) is 3.47. The molecule has 0 bridgehead atoms. The normalized spacial score (nSPS) is 18.0. The van der Waals surface area contributed by atoms with Gasteiger partial charge in [0, 0.05) is 7.11 Å². The summed E-state index contributed by atoms with van der Waals surface area (Å²) in [4.78, 5) is 0. The van der Waals surface area contributed by atoms with Crippen molar-refractivity contribution in [3.63, 3.8) is 0 Å². The van der Waals surface area contributed by atoms with E-state index in [0.717, 1.165) is 0 Å². The minimum atomic E-state index is -1.25. The largest absolute Gasteiger partial charge is 0.394 e. The first-order valence-corrected chi connectivity index (χ1v) is 3.47. The minimum Gasteiger partial charge on any atom is -0.394 e. The molecule has 0 aromatic rings. The Hall–Kier alpha value is -0.160. The zero-order valence-corrected chi connectivity index (χ0v) is 7.11. The second-order valence-corrected chi connectivity index (χ2v) is 3.06. The van der Waals surface area contributed by atoms with Crippen LogP contribution in [0.5, 0.6) is 0 Å². The van der Waals surface area contributed by atoms with E-state index in [4.69, 9.17) is 9.84 Å². The van der Waals surface area contributed by atoms with Gasteiger partial charge in [0.2, 0.25) is 0 Å². The minimum absolute atomic E-state index is 0.304. The molecule has 0 amide bonds. The quantitative estimate of drug-likeness (QED) is 0.505. The number of hydrogen-bond donors (Lipinski definition) is 3. The summed E-state index contributed by atoms with van der Waals surface area (Å²) in [5, 5.41) is 27.3. The highest BCUT2D eigenvalue weighted by molar-refractivity contribution is 4.82. The van der Waals surface area contributed by atoms with Crippen molar-refractivity contribution < 1.29 is 20.1 Å². The van der Waals surface area contributed by atoms with Crippen molar-refractivity contribution in [3.05, 3.63) is 0 Å². The molecule has 0 heterocycles. The van der Waals surface area contributed by atoms with Gasteiger partial charge in [-0.1, -0.05) is 0 Å². The van der Waals surface area contributed by atoms with Gasteiger partial charge in [-0.25, -0.2) is 0 Å². The summed E-state index contributed by atoms with van der Waals surface area (Å²) in [7, 11) is 1.37. The Bertz CT molecular complexity index is 103. The van der Waals surface area contributed by atoms with Crippen molar-refractivity contribution in [2.75, 3.05) is 13.7 Å². The molecule has 4 nitrogen and oxygen atoms in total. The van der Waals surface area contributed by atoms with Crippen molar-refractivity contribution >= 4 is 0 Å². The van der Waals surface area contributed by atoms with Crippen molar-refractivity contribution in [3.8, 4) is 0 Å². The van der Waals surface area contributed by atoms with Crippen LogP contribution in [0.15, 0.2) is 0 Å². The molecule has 11 heavy (non-hydrogen) atoms. The average molecular weight is 164 g/mol. The molecule has 0 spiro atoms. The van der Waals surface area contributed by atoms with E-state index < -0.39 is 17.8 Å². The molecule has 0 rings (SSSR count). The van der Waals surface area contributed by atoms with E-state index in [9.17, 15) is 10.2 Å². The van der Waals surface area contributed by atoms with Gasteiger partial charge in [0.1, 0.15) is 12.2 Å². The summed E-state index contributed by atoms with van der Waals surface area (Å²) in [5.74, 6) is 0. The molecule has 0 aliphatic carbocycles. The number of aliphatic hydroxyl groups is 3. The van der Waals surface area contributed by atoms with E-state index in [1.807, 2.05) is 0 Å². The molecule has 68 valence electrons. The topological polar surface area (TPSA) is 69.9 Å². The number of rotatable bonds is 4. The van der Waals surface area contributed by atoms with E-state index in [1.165, 1.54) is 21.0 Å². The fraction of sp³-hybridized carbons (Fsp3) is 1.00. The van der Waals surface area contributed by atoms with Crippen molar-refractivity contribution in [2.24, 2.45) is 0 Å². The third kappa shape index (κ3) is 3.16. The summed E-state index contributed by atoms with van der Waals surface area (Å²) < 4.78 is 4.73. The van der Waals surface area contributed by atoms with E-state index in [0.29, 0.717) is 0 Å². The third-order valence-electron chi connectivity index (χ3n) is 1.56. The fourth-order valence-electron chi connectivity index (χ4n) is 0.758. The fourth-order valence-corrected chi connectivity index (χ4v) is 0.758. The van der Waals surface area contributed by atoms with Gasteiger partial charge in [-0.15, -0.1) is 0 Å². The molecular weight excluding hydrogens is 148 g/mol. The zero-order chi connectivity index (χ0) is 9.07. The lowest BCUT2D eigenvalue weighted by Crippen LogP contribution is -2.47. The first kappa shape index (κ1) is 10.8. The number of aliphatic hydroxyl groups excluding tert-OH is 2. The van der Waals surface area contributed by atoms with Crippen LogP contribution in [-0.4, -0.2) is 46.8 Å². The highest BCUT2D eigenvalue weighted by Gasteiger charge is 2.31. The second-order valence-electron chi connectivity index (χ2n) is 3.06. The number of methoxy groups -OCH3 is 1. The summed E-state index contributed by atoms with van der Waals surface area (Å²) in [6, 6.07) is 0. The Kier molecular flexibility index (Phi) is 3.96. The van der Waals surface area contributed by atoms with Crippen LogP contribution < -0.4 is 0 Å². The Labute approximate surface area is 66.4 Å². The van der Waals surface area contributed by atoms with Gasteiger partial charge < -0.3 is 20.1 Å². The lowest BCUT2D eigenvalue weighted by molar-refractivity contribution is -0.128. The summed E-state index contributed by atoms with van der Waals surface area (Å²) >= 11 is 0. The van der Waals surface area contributed by atoms with Gasteiger partial charge in [-0.05, 0) is 13.8 Å². The standard InChI is InChI=1S/C7H16O4/c1-7(2,10)6(9)5(4-8)11-3/h5-6,8-10H,4H2,1-3H3. The van der Waals surface area contributed by atoms with Gasteiger partial charge in [0.15, 0.2) is 0 Å². The molecule has 0 aliphatic rings. The molecular formula is C7H16O4. The maximum atomic E-state index is 9.31. The van der Waals surface area contributed by atoms with Crippen LogP contribution >= 0.6 is 0 Å². The van der Waals surface area contributed by atoms with Crippen molar-refractivity contribution in [2.45, 2.75) is 31.7 Å². The molecule has 3 N–H and O–H groups in total. The van der Waals surface area contributed by atoms with Gasteiger partial charge in [-0.3, -0.25) is 0 Å². The summed E-state index contributed by atoms with van der Waals surface area (Å²) in [6.45, 7) is 2.61. The van der Waals surface area contributed by atoms with Crippen LogP contribution in [0.1, 0.15) is 13.8 Å². The third-order valence-corrected chi connectivity index (χ3v) is 1.56. The van der Waals surface area contributed by atoms with Crippen LogP contribution in [0.4, 0.5) is 0 Å². The number of hydrogen-bond acceptors (Lipinski definition) is 4. The van der Waals surface area contributed by atoms with Crippen LogP contribution in [0.25, 0.3) is 0 Å². The second kappa shape index (κ2) is 4.01. The van der Waals surface area contributed by atoms with Crippen LogP contribution in [0.2, 0.25) is 0 Å². The zero-order valence-electron chi connectivity index (χ0n) is 7.11. The Balaban J connectivity index is 4.09. The predicted octanol–water partition coefficient (Wildman–Crippen LogP) is -0.875. The molecule has 2 unspecified atom stereocenters. The summed E-state index contributed by atoms with van der Waals surface area (Å²) in [5.41, 5.74) is -1.25. The monoisotopic (exact) mass is 164 g/mol. The van der Waals surface area contributed by atoms with Gasteiger partial charge >= 0.3 is 0 Å². The van der Waals surface area contributed by atoms with E-state index >= 15 is 0 Å². The molecule has 0 radical (unpaired) electrons. The Morgan fingerprint density at radius 3 is 2.00 bits per heavy atom. The lowest BCUT2D eigenvalue weighted by atomic mass is 9.97. The van der Waals surface area contributed by atoms with Crippen molar-refractivity contribution in [1.82, 2.24) is 0 Å².